The molecule has 0 aromatic heterocycles. The number of hydrogen-bond donors (Lipinski definition) is 0. The van der Waals surface area contributed by atoms with Crippen molar-refractivity contribution in [2.75, 3.05) is 89.6 Å². The topological polar surface area (TPSA) is 34.2 Å². The Balaban J connectivity index is 1.20. The van der Waals surface area contributed by atoms with Gasteiger partial charge in [0, 0.05) is 55.5 Å². The van der Waals surface area contributed by atoms with E-state index in [0.717, 1.165) is 71.6 Å². The number of hydrogen-bond acceptors (Lipinski definition) is 7. The second-order valence-electron chi connectivity index (χ2n) is 9.40. The first-order valence-electron chi connectivity index (χ1n) is 11.4. The maximum absolute atomic E-state index is 6.36. The summed E-state index contributed by atoms with van der Waals surface area (Å²) in [6, 6.07) is 0. The van der Waals surface area contributed by atoms with Crippen molar-refractivity contribution < 1.29 is 14.2 Å². The summed E-state index contributed by atoms with van der Waals surface area (Å²) in [5.41, 5.74) is -0.00602. The Labute approximate surface area is 186 Å². The molecule has 1 aliphatic carbocycles. The van der Waals surface area contributed by atoms with Crippen molar-refractivity contribution in [3.63, 3.8) is 0 Å². The third-order valence-corrected chi connectivity index (χ3v) is 8.99. The Hall–Kier alpha value is 0.500. The molecule has 2 saturated heterocycles. The SMILES string of the molecule is CC(C)(CCSCCN1CCOCC1)OCC1CC1(C)SCCN1CCOCC1. The van der Waals surface area contributed by atoms with Crippen molar-refractivity contribution in [1.82, 2.24) is 9.80 Å². The van der Waals surface area contributed by atoms with Crippen LogP contribution in [-0.4, -0.2) is 110 Å². The first-order chi connectivity index (χ1) is 14.0. The molecule has 0 amide bonds. The molecule has 170 valence electrons. The zero-order chi connectivity index (χ0) is 20.6. The summed E-state index contributed by atoms with van der Waals surface area (Å²) < 4.78 is 17.7. The van der Waals surface area contributed by atoms with Gasteiger partial charge in [0.05, 0.1) is 38.6 Å². The quantitative estimate of drug-likeness (QED) is 0.402. The van der Waals surface area contributed by atoms with Crippen LogP contribution in [0.5, 0.6) is 0 Å². The van der Waals surface area contributed by atoms with Crippen LogP contribution in [0.1, 0.15) is 33.6 Å². The average molecular weight is 447 g/mol. The van der Waals surface area contributed by atoms with Gasteiger partial charge in [0.1, 0.15) is 0 Å². The molecule has 0 aromatic carbocycles. The van der Waals surface area contributed by atoms with E-state index in [4.69, 9.17) is 14.2 Å². The minimum absolute atomic E-state index is 0.00602. The van der Waals surface area contributed by atoms with Gasteiger partial charge in [-0.3, -0.25) is 9.80 Å². The molecule has 3 rings (SSSR count). The third-order valence-electron chi connectivity index (χ3n) is 6.48. The Bertz CT molecular complexity index is 471. The summed E-state index contributed by atoms with van der Waals surface area (Å²) in [6.45, 7) is 18.3. The molecule has 5 nitrogen and oxygen atoms in total. The molecule has 2 unspecified atom stereocenters. The van der Waals surface area contributed by atoms with Crippen LogP contribution in [0.4, 0.5) is 0 Å². The van der Waals surface area contributed by atoms with Gasteiger partial charge in [-0.15, -0.1) is 0 Å². The molecule has 0 N–H and O–H groups in total. The van der Waals surface area contributed by atoms with Gasteiger partial charge in [-0.2, -0.15) is 23.5 Å². The fourth-order valence-corrected chi connectivity index (χ4v) is 6.58. The maximum atomic E-state index is 6.36. The lowest BCUT2D eigenvalue weighted by Gasteiger charge is -2.28. The normalized spacial score (nSPS) is 29.3. The highest BCUT2D eigenvalue weighted by Crippen LogP contribution is 2.54. The maximum Gasteiger partial charge on any atom is 0.0634 e. The largest absolute Gasteiger partial charge is 0.379 e. The van der Waals surface area contributed by atoms with Crippen LogP contribution in [0.25, 0.3) is 0 Å². The van der Waals surface area contributed by atoms with Gasteiger partial charge in [-0.25, -0.2) is 0 Å². The molecule has 2 heterocycles. The molecule has 3 fully saturated rings. The minimum Gasteiger partial charge on any atom is -0.379 e. The Morgan fingerprint density at radius 1 is 0.931 bits per heavy atom. The molecule has 0 spiro atoms. The summed E-state index contributed by atoms with van der Waals surface area (Å²) in [7, 11) is 0. The van der Waals surface area contributed by atoms with E-state index in [1.54, 1.807) is 0 Å². The van der Waals surface area contributed by atoms with Gasteiger partial charge in [0.25, 0.3) is 0 Å². The van der Waals surface area contributed by atoms with E-state index < -0.39 is 0 Å². The molecule has 0 bridgehead atoms. The summed E-state index contributed by atoms with van der Waals surface area (Å²) >= 11 is 4.22. The molecule has 29 heavy (non-hydrogen) atoms. The Kier molecular flexibility index (Phi) is 9.94. The summed E-state index contributed by atoms with van der Waals surface area (Å²) in [6.07, 6.45) is 2.44. The van der Waals surface area contributed by atoms with Crippen molar-refractivity contribution in [2.24, 2.45) is 5.92 Å². The van der Waals surface area contributed by atoms with Crippen molar-refractivity contribution in [3.05, 3.63) is 0 Å². The highest BCUT2D eigenvalue weighted by Gasteiger charge is 2.50. The molecule has 3 aliphatic rings. The number of nitrogens with zero attached hydrogens (tertiary/aromatic N) is 2. The van der Waals surface area contributed by atoms with E-state index in [1.165, 1.54) is 36.8 Å². The van der Waals surface area contributed by atoms with Crippen LogP contribution in [0.3, 0.4) is 0 Å². The van der Waals surface area contributed by atoms with E-state index in [9.17, 15) is 0 Å². The van der Waals surface area contributed by atoms with Crippen molar-refractivity contribution in [3.8, 4) is 0 Å². The standard InChI is InChI=1S/C22H42N2O3S2/c1-21(2,4-15-28-16-9-23-5-11-25-12-6-23)27-19-20-18-22(20,3)29-17-10-24-7-13-26-14-8-24/h20H,4-19H2,1-3H3. The summed E-state index contributed by atoms with van der Waals surface area (Å²) in [5, 5.41) is 0. The minimum atomic E-state index is -0.00602. The first kappa shape index (κ1) is 24.1. The number of thioether (sulfide) groups is 2. The van der Waals surface area contributed by atoms with Gasteiger partial charge < -0.3 is 14.2 Å². The lowest BCUT2D eigenvalue weighted by molar-refractivity contribution is -0.0254. The van der Waals surface area contributed by atoms with Crippen molar-refractivity contribution in [1.29, 1.82) is 0 Å². The number of ether oxygens (including phenoxy) is 3. The van der Waals surface area contributed by atoms with Crippen LogP contribution in [-0.2, 0) is 14.2 Å². The van der Waals surface area contributed by atoms with Crippen molar-refractivity contribution >= 4 is 23.5 Å². The lowest BCUT2D eigenvalue weighted by atomic mass is 10.1. The van der Waals surface area contributed by atoms with E-state index in [1.807, 2.05) is 0 Å². The summed E-state index contributed by atoms with van der Waals surface area (Å²) in [4.78, 5) is 5.05. The zero-order valence-corrected chi connectivity index (χ0v) is 20.5. The van der Waals surface area contributed by atoms with Crippen LogP contribution < -0.4 is 0 Å². The predicted octanol–water partition coefficient (Wildman–Crippen LogP) is 3.08. The lowest BCUT2D eigenvalue weighted by Crippen LogP contribution is -2.37. The highest BCUT2D eigenvalue weighted by molar-refractivity contribution is 8.01. The third kappa shape index (κ3) is 8.87. The fraction of sp³-hybridized carbons (Fsp3) is 1.00. The predicted molar refractivity (Wildman–Crippen MR) is 125 cm³/mol. The Morgan fingerprint density at radius 3 is 2.14 bits per heavy atom. The molecular weight excluding hydrogens is 404 g/mol. The number of rotatable bonds is 13. The molecular formula is C22H42N2O3S2. The van der Waals surface area contributed by atoms with E-state index in [2.05, 4.69) is 54.1 Å². The van der Waals surface area contributed by atoms with Crippen LogP contribution >= 0.6 is 23.5 Å². The van der Waals surface area contributed by atoms with Gasteiger partial charge >= 0.3 is 0 Å². The second kappa shape index (κ2) is 11.9. The second-order valence-corrected chi connectivity index (χ2v) is 12.3. The fourth-order valence-electron chi connectivity index (χ4n) is 3.91. The first-order valence-corrected chi connectivity index (χ1v) is 13.6. The molecule has 2 atom stereocenters. The molecule has 7 heteroatoms. The van der Waals surface area contributed by atoms with Crippen molar-refractivity contribution in [2.45, 2.75) is 44.0 Å². The smallest absolute Gasteiger partial charge is 0.0634 e. The van der Waals surface area contributed by atoms with Gasteiger partial charge in [-0.05, 0) is 38.4 Å². The average Bonchev–Trinajstić information content (AvgIpc) is 3.38. The van der Waals surface area contributed by atoms with E-state index in [-0.39, 0.29) is 5.60 Å². The van der Waals surface area contributed by atoms with E-state index in [0.29, 0.717) is 4.75 Å². The summed E-state index contributed by atoms with van der Waals surface area (Å²) in [5.74, 6) is 4.37. The molecule has 2 aliphatic heterocycles. The Morgan fingerprint density at radius 2 is 1.52 bits per heavy atom. The highest BCUT2D eigenvalue weighted by atomic mass is 32.2. The molecule has 1 saturated carbocycles. The van der Waals surface area contributed by atoms with Gasteiger partial charge in [0.2, 0.25) is 0 Å². The van der Waals surface area contributed by atoms with Crippen LogP contribution in [0, 0.1) is 5.92 Å². The monoisotopic (exact) mass is 446 g/mol. The van der Waals surface area contributed by atoms with Gasteiger partial charge in [-0.1, -0.05) is 6.92 Å². The molecule has 0 aromatic rings. The number of morpholine rings is 2. The van der Waals surface area contributed by atoms with Gasteiger partial charge in [0.15, 0.2) is 0 Å². The van der Waals surface area contributed by atoms with Crippen LogP contribution in [0.15, 0.2) is 0 Å². The van der Waals surface area contributed by atoms with Crippen LogP contribution in [0.2, 0.25) is 0 Å². The molecule has 0 radical (unpaired) electrons. The zero-order valence-electron chi connectivity index (χ0n) is 18.8. The van der Waals surface area contributed by atoms with E-state index >= 15 is 0 Å².